The quantitative estimate of drug-likeness (QED) is 0.899. The van der Waals surface area contributed by atoms with Crippen LogP contribution in [0.2, 0.25) is 0 Å². The first kappa shape index (κ1) is 12.2. The van der Waals surface area contributed by atoms with Gasteiger partial charge in [0, 0.05) is 17.1 Å². The van der Waals surface area contributed by atoms with E-state index in [1.54, 1.807) is 18.0 Å². The molecular formula is C13H16N2OS. The van der Waals surface area contributed by atoms with Gasteiger partial charge in [-0.25, -0.2) is 0 Å². The predicted molar refractivity (Wildman–Crippen MR) is 69.0 cm³/mol. The molecule has 0 radical (unpaired) electrons. The molecule has 3 nitrogen and oxygen atoms in total. The molecule has 0 aliphatic carbocycles. The Hall–Kier alpha value is -1.26. The van der Waals surface area contributed by atoms with Crippen molar-refractivity contribution in [2.45, 2.75) is 36.1 Å². The van der Waals surface area contributed by atoms with E-state index in [2.05, 4.69) is 18.0 Å². The van der Waals surface area contributed by atoms with Gasteiger partial charge in [0.15, 0.2) is 0 Å². The average molecular weight is 248 g/mol. The molecule has 1 atom stereocenters. The summed E-state index contributed by atoms with van der Waals surface area (Å²) in [7, 11) is 0. The highest BCUT2D eigenvalue weighted by Gasteiger charge is 2.07. The molecule has 2 aromatic rings. The first-order valence-electron chi connectivity index (χ1n) is 5.64. The number of aryl methyl sites for hydroxylation is 1. The summed E-state index contributed by atoms with van der Waals surface area (Å²) < 4.78 is 5.25. The Labute approximate surface area is 105 Å². The normalized spacial score (nSPS) is 12.6. The van der Waals surface area contributed by atoms with Crippen molar-refractivity contribution in [3.05, 3.63) is 42.1 Å². The van der Waals surface area contributed by atoms with Crippen LogP contribution in [0.4, 0.5) is 0 Å². The summed E-state index contributed by atoms with van der Waals surface area (Å²) in [5.41, 5.74) is 6.87. The lowest BCUT2D eigenvalue weighted by Crippen LogP contribution is -2.10. The number of hydrogen-bond donors (Lipinski definition) is 1. The molecule has 2 heterocycles. The third-order valence-electron chi connectivity index (χ3n) is 2.62. The zero-order chi connectivity index (χ0) is 12.3. The van der Waals surface area contributed by atoms with Gasteiger partial charge in [0.2, 0.25) is 0 Å². The summed E-state index contributed by atoms with van der Waals surface area (Å²) in [5, 5.41) is 0. The van der Waals surface area contributed by atoms with Crippen molar-refractivity contribution in [1.82, 2.24) is 4.98 Å². The van der Waals surface area contributed by atoms with Gasteiger partial charge in [0.1, 0.15) is 5.76 Å². The highest BCUT2D eigenvalue weighted by Crippen LogP contribution is 2.30. The largest absolute Gasteiger partial charge is 0.468 e. The first-order chi connectivity index (χ1) is 8.20. The Morgan fingerprint density at radius 3 is 2.76 bits per heavy atom. The van der Waals surface area contributed by atoms with Gasteiger partial charge in [-0.15, -0.1) is 0 Å². The van der Waals surface area contributed by atoms with Crippen LogP contribution in [0.25, 0.3) is 0 Å². The first-order valence-corrected chi connectivity index (χ1v) is 6.46. The molecule has 0 spiro atoms. The van der Waals surface area contributed by atoms with Crippen LogP contribution in [0.1, 0.15) is 30.8 Å². The smallest absolute Gasteiger partial charge is 0.114 e. The van der Waals surface area contributed by atoms with Crippen LogP contribution in [-0.4, -0.2) is 4.98 Å². The van der Waals surface area contributed by atoms with Crippen LogP contribution in [0.15, 0.2) is 44.9 Å². The van der Waals surface area contributed by atoms with E-state index in [-0.39, 0.29) is 6.04 Å². The van der Waals surface area contributed by atoms with E-state index in [0.29, 0.717) is 0 Å². The van der Waals surface area contributed by atoms with Gasteiger partial charge < -0.3 is 10.2 Å². The molecule has 4 heteroatoms. The Morgan fingerprint density at radius 2 is 2.24 bits per heavy atom. The molecule has 0 saturated heterocycles. The number of furan rings is 1. The van der Waals surface area contributed by atoms with Crippen LogP contribution >= 0.6 is 11.8 Å². The molecule has 2 N–H and O–H groups in total. The van der Waals surface area contributed by atoms with Crippen LogP contribution in [0.3, 0.4) is 0 Å². The number of hydrogen-bond acceptors (Lipinski definition) is 4. The van der Waals surface area contributed by atoms with Gasteiger partial charge in [0.25, 0.3) is 0 Å². The van der Waals surface area contributed by atoms with Gasteiger partial charge in [-0.3, -0.25) is 4.98 Å². The minimum atomic E-state index is 0.0321. The molecule has 90 valence electrons. The molecule has 0 unspecified atom stereocenters. The molecule has 0 saturated carbocycles. The third-order valence-corrected chi connectivity index (χ3v) is 3.74. The van der Waals surface area contributed by atoms with Gasteiger partial charge in [-0.2, -0.15) is 0 Å². The van der Waals surface area contributed by atoms with Crippen molar-refractivity contribution < 1.29 is 4.42 Å². The van der Waals surface area contributed by atoms with Crippen molar-refractivity contribution in [3.63, 3.8) is 0 Å². The molecule has 0 bridgehead atoms. The van der Waals surface area contributed by atoms with E-state index in [1.807, 2.05) is 25.3 Å². The standard InChI is InChI=1S/C13H16N2OS/c1-3-11(14)12-5-4-10(8-15-12)17-13-6-7-16-9(13)2/h4-8,11H,3,14H2,1-2H3/t11-/m1/s1. The second kappa shape index (κ2) is 5.38. The monoisotopic (exact) mass is 248 g/mol. The zero-order valence-electron chi connectivity index (χ0n) is 10.0. The zero-order valence-corrected chi connectivity index (χ0v) is 10.8. The van der Waals surface area contributed by atoms with E-state index in [4.69, 9.17) is 10.2 Å². The minimum Gasteiger partial charge on any atom is -0.468 e. The maximum atomic E-state index is 5.92. The number of nitrogens with two attached hydrogens (primary N) is 1. The highest BCUT2D eigenvalue weighted by atomic mass is 32.2. The maximum Gasteiger partial charge on any atom is 0.114 e. The second-order valence-corrected chi connectivity index (χ2v) is 4.99. The second-order valence-electron chi connectivity index (χ2n) is 3.88. The van der Waals surface area contributed by atoms with Gasteiger partial charge >= 0.3 is 0 Å². The van der Waals surface area contributed by atoms with Crippen LogP contribution in [0, 0.1) is 6.92 Å². The lowest BCUT2D eigenvalue weighted by molar-refractivity contribution is 0.527. The van der Waals surface area contributed by atoms with E-state index in [9.17, 15) is 0 Å². The lowest BCUT2D eigenvalue weighted by atomic mass is 10.1. The summed E-state index contributed by atoms with van der Waals surface area (Å²) >= 11 is 1.65. The molecular weight excluding hydrogens is 232 g/mol. The summed E-state index contributed by atoms with van der Waals surface area (Å²) in [5.74, 6) is 0.935. The molecule has 0 aromatic carbocycles. The maximum absolute atomic E-state index is 5.92. The van der Waals surface area contributed by atoms with Gasteiger partial charge in [-0.1, -0.05) is 18.7 Å². The van der Waals surface area contributed by atoms with E-state index >= 15 is 0 Å². The summed E-state index contributed by atoms with van der Waals surface area (Å²) in [6, 6.07) is 6.04. The van der Waals surface area contributed by atoms with Crippen molar-refractivity contribution in [1.29, 1.82) is 0 Å². The summed E-state index contributed by atoms with van der Waals surface area (Å²) in [6.07, 6.45) is 4.47. The van der Waals surface area contributed by atoms with Crippen molar-refractivity contribution in [2.75, 3.05) is 0 Å². The van der Waals surface area contributed by atoms with Gasteiger partial charge in [-0.05, 0) is 31.5 Å². The lowest BCUT2D eigenvalue weighted by Gasteiger charge is -2.08. The van der Waals surface area contributed by atoms with Crippen molar-refractivity contribution >= 4 is 11.8 Å². The number of rotatable bonds is 4. The van der Waals surface area contributed by atoms with E-state index in [0.717, 1.165) is 27.7 Å². The number of pyridine rings is 1. The molecule has 2 aromatic heterocycles. The molecule has 17 heavy (non-hydrogen) atoms. The van der Waals surface area contributed by atoms with Gasteiger partial charge in [0.05, 0.1) is 16.9 Å². The minimum absolute atomic E-state index is 0.0321. The Morgan fingerprint density at radius 1 is 1.41 bits per heavy atom. The Kier molecular flexibility index (Phi) is 3.86. The average Bonchev–Trinajstić information content (AvgIpc) is 2.75. The topological polar surface area (TPSA) is 52.0 Å². The summed E-state index contributed by atoms with van der Waals surface area (Å²) in [6.45, 7) is 4.01. The number of nitrogens with zero attached hydrogens (tertiary/aromatic N) is 1. The van der Waals surface area contributed by atoms with E-state index < -0.39 is 0 Å². The van der Waals surface area contributed by atoms with Crippen molar-refractivity contribution in [3.8, 4) is 0 Å². The third kappa shape index (κ3) is 2.90. The van der Waals surface area contributed by atoms with Crippen LogP contribution in [-0.2, 0) is 0 Å². The molecule has 2 rings (SSSR count). The van der Waals surface area contributed by atoms with Crippen molar-refractivity contribution in [2.24, 2.45) is 5.73 Å². The SMILES string of the molecule is CC[C@@H](N)c1ccc(Sc2ccoc2C)cn1. The van der Waals surface area contributed by atoms with Crippen LogP contribution in [0.5, 0.6) is 0 Å². The summed E-state index contributed by atoms with van der Waals surface area (Å²) in [4.78, 5) is 6.61. The predicted octanol–water partition coefficient (Wildman–Crippen LogP) is 3.54. The Bertz CT molecular complexity index is 478. The number of aromatic nitrogens is 1. The highest BCUT2D eigenvalue weighted by molar-refractivity contribution is 7.99. The van der Waals surface area contributed by atoms with E-state index in [1.165, 1.54) is 0 Å². The van der Waals surface area contributed by atoms with Crippen LogP contribution < -0.4 is 5.73 Å². The fourth-order valence-corrected chi connectivity index (χ4v) is 2.30. The molecule has 0 amide bonds. The Balaban J connectivity index is 2.11. The fourth-order valence-electron chi connectivity index (χ4n) is 1.49. The molecule has 0 fully saturated rings. The molecule has 0 aliphatic rings. The fraction of sp³-hybridized carbons (Fsp3) is 0.308. The molecule has 0 aliphatic heterocycles.